The van der Waals surface area contributed by atoms with E-state index < -0.39 is 10.0 Å². The molecule has 1 aromatic heterocycles. The summed E-state index contributed by atoms with van der Waals surface area (Å²) in [6.45, 7) is 1.48. The molecule has 2 heterocycles. The van der Waals surface area contributed by atoms with E-state index in [-0.39, 0.29) is 5.91 Å². The number of aryl methyl sites for hydroxylation is 1. The van der Waals surface area contributed by atoms with Crippen molar-refractivity contribution in [3.8, 4) is 0 Å². The van der Waals surface area contributed by atoms with Crippen molar-refractivity contribution in [2.24, 2.45) is 7.05 Å². The third kappa shape index (κ3) is 4.92. The summed E-state index contributed by atoms with van der Waals surface area (Å²) in [6.07, 6.45) is 7.09. The maximum atomic E-state index is 12.9. The molecule has 0 unspecified atom stereocenters. The molecule has 0 radical (unpaired) electrons. The van der Waals surface area contributed by atoms with Gasteiger partial charge in [0.1, 0.15) is 5.82 Å². The first-order valence-corrected chi connectivity index (χ1v) is 12.4. The normalized spacial score (nSPS) is 15.8. The summed E-state index contributed by atoms with van der Waals surface area (Å²) >= 11 is 0. The standard InChI is InChI=1S/C24H28N4O3S/c1-27-22-9-5-4-8-21(22)26-23(27)18-25-24(29)15-12-19-10-13-20(14-11-19)32(30,31)28-16-6-2-3-7-17-28/h4-5,8-15H,2-3,6-7,16-18H2,1H3,(H,25,29). The van der Waals surface area contributed by atoms with E-state index in [1.165, 1.54) is 6.08 Å². The molecule has 2 aromatic carbocycles. The van der Waals surface area contributed by atoms with Gasteiger partial charge in [-0.3, -0.25) is 4.79 Å². The van der Waals surface area contributed by atoms with Gasteiger partial charge in [-0.15, -0.1) is 0 Å². The predicted octanol–water partition coefficient (Wildman–Crippen LogP) is 3.47. The van der Waals surface area contributed by atoms with Gasteiger partial charge in [0, 0.05) is 26.2 Å². The van der Waals surface area contributed by atoms with Crippen molar-refractivity contribution in [2.75, 3.05) is 13.1 Å². The van der Waals surface area contributed by atoms with E-state index in [0.717, 1.165) is 48.1 Å². The van der Waals surface area contributed by atoms with Gasteiger partial charge in [-0.05, 0) is 48.7 Å². The molecule has 1 aliphatic heterocycles. The monoisotopic (exact) mass is 452 g/mol. The number of benzene rings is 2. The minimum atomic E-state index is -3.47. The van der Waals surface area contributed by atoms with Gasteiger partial charge in [0.25, 0.3) is 0 Å². The molecule has 0 atom stereocenters. The highest BCUT2D eigenvalue weighted by Gasteiger charge is 2.24. The Bertz CT molecular complexity index is 1220. The number of nitrogens with zero attached hydrogens (tertiary/aromatic N) is 3. The van der Waals surface area contributed by atoms with Crippen molar-refractivity contribution in [3.63, 3.8) is 0 Å². The van der Waals surface area contributed by atoms with Crippen molar-refractivity contribution in [2.45, 2.75) is 37.1 Å². The van der Waals surface area contributed by atoms with Crippen molar-refractivity contribution in [1.29, 1.82) is 0 Å². The molecule has 1 saturated heterocycles. The predicted molar refractivity (Wildman–Crippen MR) is 125 cm³/mol. The molecule has 1 fully saturated rings. The Balaban J connectivity index is 1.36. The number of rotatable bonds is 6. The van der Waals surface area contributed by atoms with Crippen LogP contribution < -0.4 is 5.32 Å². The van der Waals surface area contributed by atoms with E-state index in [1.54, 1.807) is 34.6 Å². The van der Waals surface area contributed by atoms with Crippen LogP contribution in [0.15, 0.2) is 59.5 Å². The number of hydrogen-bond donors (Lipinski definition) is 1. The van der Waals surface area contributed by atoms with Crippen LogP contribution >= 0.6 is 0 Å². The Morgan fingerprint density at radius 2 is 1.72 bits per heavy atom. The summed E-state index contributed by atoms with van der Waals surface area (Å²) in [5, 5.41) is 2.84. The molecular formula is C24H28N4O3S. The van der Waals surface area contributed by atoms with Gasteiger partial charge >= 0.3 is 0 Å². The van der Waals surface area contributed by atoms with E-state index in [2.05, 4.69) is 10.3 Å². The molecule has 1 aliphatic rings. The van der Waals surface area contributed by atoms with Crippen LogP contribution in [0.5, 0.6) is 0 Å². The molecule has 0 saturated carbocycles. The number of imidazole rings is 1. The third-order valence-corrected chi connectivity index (χ3v) is 7.72. The summed E-state index contributed by atoms with van der Waals surface area (Å²) in [7, 11) is -1.54. The molecule has 1 amide bonds. The Morgan fingerprint density at radius 3 is 2.41 bits per heavy atom. The zero-order chi connectivity index (χ0) is 22.6. The summed E-state index contributed by atoms with van der Waals surface area (Å²) < 4.78 is 29.3. The van der Waals surface area contributed by atoms with Crippen LogP contribution in [0.25, 0.3) is 17.1 Å². The minimum Gasteiger partial charge on any atom is -0.345 e. The second kappa shape index (κ2) is 9.67. The van der Waals surface area contributed by atoms with Gasteiger partial charge in [-0.25, -0.2) is 13.4 Å². The number of hydrogen-bond acceptors (Lipinski definition) is 4. The topological polar surface area (TPSA) is 84.3 Å². The lowest BCUT2D eigenvalue weighted by atomic mass is 10.2. The highest BCUT2D eigenvalue weighted by Crippen LogP contribution is 2.21. The van der Waals surface area contributed by atoms with Crippen LogP contribution in [0.3, 0.4) is 0 Å². The van der Waals surface area contributed by atoms with Crippen LogP contribution in [-0.4, -0.2) is 41.3 Å². The Morgan fingerprint density at radius 1 is 1.03 bits per heavy atom. The molecule has 0 spiro atoms. The van der Waals surface area contributed by atoms with Gasteiger partial charge in [0.2, 0.25) is 15.9 Å². The molecule has 0 aliphatic carbocycles. The first-order chi connectivity index (χ1) is 15.4. The van der Waals surface area contributed by atoms with Gasteiger partial charge in [0.05, 0.1) is 22.5 Å². The molecule has 4 rings (SSSR count). The van der Waals surface area contributed by atoms with Gasteiger partial charge in [-0.1, -0.05) is 37.1 Å². The van der Waals surface area contributed by atoms with Gasteiger partial charge in [-0.2, -0.15) is 4.31 Å². The van der Waals surface area contributed by atoms with Crippen LogP contribution in [0.4, 0.5) is 0 Å². The Labute approximate surface area is 188 Å². The first-order valence-electron chi connectivity index (χ1n) is 10.9. The van der Waals surface area contributed by atoms with E-state index in [4.69, 9.17) is 0 Å². The Kier molecular flexibility index (Phi) is 6.72. The number of carbonyl (C=O) groups excluding carboxylic acids is 1. The van der Waals surface area contributed by atoms with Crippen molar-refractivity contribution < 1.29 is 13.2 Å². The lowest BCUT2D eigenvalue weighted by Gasteiger charge is -2.19. The molecule has 7 nitrogen and oxygen atoms in total. The molecular weight excluding hydrogens is 424 g/mol. The highest BCUT2D eigenvalue weighted by atomic mass is 32.2. The first kappa shape index (κ1) is 22.2. The average molecular weight is 453 g/mol. The lowest BCUT2D eigenvalue weighted by molar-refractivity contribution is -0.116. The van der Waals surface area contributed by atoms with E-state index in [9.17, 15) is 13.2 Å². The quantitative estimate of drug-likeness (QED) is 0.581. The number of fused-ring (bicyclic) bond motifs is 1. The van der Waals surface area contributed by atoms with Crippen molar-refractivity contribution in [1.82, 2.24) is 19.2 Å². The fourth-order valence-electron chi connectivity index (χ4n) is 3.93. The summed E-state index contributed by atoms with van der Waals surface area (Å²) in [6, 6.07) is 14.5. The third-order valence-electron chi connectivity index (χ3n) is 5.81. The van der Waals surface area contributed by atoms with E-state index in [0.29, 0.717) is 24.5 Å². The number of amides is 1. The summed E-state index contributed by atoms with van der Waals surface area (Å²) in [5.41, 5.74) is 2.67. The number of aromatic nitrogens is 2. The zero-order valence-electron chi connectivity index (χ0n) is 18.2. The maximum Gasteiger partial charge on any atom is 0.244 e. The fourth-order valence-corrected chi connectivity index (χ4v) is 5.45. The van der Waals surface area contributed by atoms with Crippen LogP contribution in [0.1, 0.15) is 37.1 Å². The van der Waals surface area contributed by atoms with Crippen molar-refractivity contribution >= 4 is 33.0 Å². The molecule has 32 heavy (non-hydrogen) atoms. The van der Waals surface area contributed by atoms with E-state index >= 15 is 0 Å². The van der Waals surface area contributed by atoms with Crippen LogP contribution in [-0.2, 0) is 28.4 Å². The number of sulfonamides is 1. The second-order valence-corrected chi connectivity index (χ2v) is 9.95. The smallest absolute Gasteiger partial charge is 0.244 e. The lowest BCUT2D eigenvalue weighted by Crippen LogP contribution is -2.31. The minimum absolute atomic E-state index is 0.238. The molecule has 3 aromatic rings. The highest BCUT2D eigenvalue weighted by molar-refractivity contribution is 7.89. The zero-order valence-corrected chi connectivity index (χ0v) is 19.0. The van der Waals surface area contributed by atoms with Crippen molar-refractivity contribution in [3.05, 3.63) is 66.0 Å². The largest absolute Gasteiger partial charge is 0.345 e. The fraction of sp³-hybridized carbons (Fsp3) is 0.333. The number of para-hydroxylation sites is 2. The molecule has 1 N–H and O–H groups in total. The summed E-state index contributed by atoms with van der Waals surface area (Å²) in [4.78, 5) is 17.1. The second-order valence-electron chi connectivity index (χ2n) is 8.01. The molecule has 168 valence electrons. The van der Waals surface area contributed by atoms with Crippen LogP contribution in [0, 0.1) is 0 Å². The number of carbonyl (C=O) groups is 1. The summed E-state index contributed by atoms with van der Waals surface area (Å²) in [5.74, 6) is 0.536. The van der Waals surface area contributed by atoms with Crippen LogP contribution in [0.2, 0.25) is 0 Å². The molecule has 0 bridgehead atoms. The van der Waals surface area contributed by atoms with Gasteiger partial charge in [0.15, 0.2) is 0 Å². The Hall–Kier alpha value is -2.97. The average Bonchev–Trinajstić information content (AvgIpc) is 2.97. The van der Waals surface area contributed by atoms with E-state index in [1.807, 2.05) is 35.9 Å². The number of nitrogens with one attached hydrogen (secondary N) is 1. The SMILES string of the molecule is Cn1c(CNC(=O)C=Cc2ccc(S(=O)(=O)N3CCCCCC3)cc2)nc2ccccc21. The maximum absolute atomic E-state index is 12.9. The van der Waals surface area contributed by atoms with Gasteiger partial charge < -0.3 is 9.88 Å². The molecule has 8 heteroatoms.